The van der Waals surface area contributed by atoms with Crippen molar-refractivity contribution in [3.63, 3.8) is 0 Å². The molecule has 1 saturated heterocycles. The third-order valence-corrected chi connectivity index (χ3v) is 2.96. The minimum Gasteiger partial charge on any atom is -0.350 e. The first-order valence-electron chi connectivity index (χ1n) is 5.93. The highest BCUT2D eigenvalue weighted by Crippen LogP contribution is 2.06. The summed E-state index contributed by atoms with van der Waals surface area (Å²) < 4.78 is 0. The predicted molar refractivity (Wildman–Crippen MR) is 64.4 cm³/mol. The maximum absolute atomic E-state index is 11.7. The van der Waals surface area contributed by atoms with Crippen LogP contribution in [0.1, 0.15) is 29.6 Å². The fourth-order valence-electron chi connectivity index (χ4n) is 2.01. The molecule has 0 unspecified atom stereocenters. The van der Waals surface area contributed by atoms with Crippen molar-refractivity contribution in [1.29, 1.82) is 0 Å². The molecule has 1 aliphatic rings. The second-order valence-corrected chi connectivity index (χ2v) is 4.22. The van der Waals surface area contributed by atoms with Crippen LogP contribution in [0.15, 0.2) is 30.3 Å². The largest absolute Gasteiger partial charge is 0.350 e. The maximum atomic E-state index is 11.7. The van der Waals surface area contributed by atoms with Crippen molar-refractivity contribution >= 4 is 5.91 Å². The Morgan fingerprint density at radius 2 is 2.12 bits per heavy atom. The molecule has 16 heavy (non-hydrogen) atoms. The number of piperidine rings is 1. The molecule has 0 radical (unpaired) electrons. The first-order valence-corrected chi connectivity index (χ1v) is 5.93. The van der Waals surface area contributed by atoms with E-state index in [9.17, 15) is 4.79 Å². The Morgan fingerprint density at radius 1 is 1.31 bits per heavy atom. The second kappa shape index (κ2) is 5.66. The van der Waals surface area contributed by atoms with Crippen LogP contribution in [-0.4, -0.2) is 25.0 Å². The summed E-state index contributed by atoms with van der Waals surface area (Å²) in [5.74, 6) is 0.0213. The first kappa shape index (κ1) is 11.1. The zero-order valence-electron chi connectivity index (χ0n) is 9.41. The highest BCUT2D eigenvalue weighted by molar-refractivity contribution is 5.94. The van der Waals surface area contributed by atoms with Crippen LogP contribution in [0.4, 0.5) is 0 Å². The standard InChI is InChI=1S/C13H18N2O/c16-13(11-6-2-1-3-7-11)15-10-12-8-4-5-9-14-12/h1-3,6-7,12,14H,4-5,8-10H2,(H,15,16)/t12-/m0/s1. The number of benzene rings is 1. The highest BCUT2D eigenvalue weighted by Gasteiger charge is 2.13. The molecule has 0 aromatic heterocycles. The van der Waals surface area contributed by atoms with Crippen molar-refractivity contribution in [3.05, 3.63) is 35.9 Å². The van der Waals surface area contributed by atoms with Gasteiger partial charge < -0.3 is 10.6 Å². The number of hydrogen-bond acceptors (Lipinski definition) is 2. The molecular formula is C13H18N2O. The Hall–Kier alpha value is -1.35. The van der Waals surface area contributed by atoms with E-state index >= 15 is 0 Å². The van der Waals surface area contributed by atoms with Gasteiger partial charge in [-0.25, -0.2) is 0 Å². The SMILES string of the molecule is O=C(NC[C@@H]1CCCCN1)c1ccccc1. The summed E-state index contributed by atoms with van der Waals surface area (Å²) in [7, 11) is 0. The van der Waals surface area contributed by atoms with E-state index in [-0.39, 0.29) is 5.91 Å². The van der Waals surface area contributed by atoms with E-state index in [0.717, 1.165) is 25.1 Å². The van der Waals surface area contributed by atoms with Gasteiger partial charge in [-0.3, -0.25) is 4.79 Å². The summed E-state index contributed by atoms with van der Waals surface area (Å²) in [6.45, 7) is 1.81. The molecule has 3 heteroatoms. The average Bonchev–Trinajstić information content (AvgIpc) is 2.38. The molecule has 1 fully saturated rings. The number of rotatable bonds is 3. The predicted octanol–water partition coefficient (Wildman–Crippen LogP) is 1.56. The van der Waals surface area contributed by atoms with Crippen LogP contribution >= 0.6 is 0 Å². The lowest BCUT2D eigenvalue weighted by molar-refractivity contribution is 0.0948. The van der Waals surface area contributed by atoms with Crippen LogP contribution in [0.25, 0.3) is 0 Å². The zero-order chi connectivity index (χ0) is 11.2. The minimum atomic E-state index is 0.0213. The minimum absolute atomic E-state index is 0.0213. The van der Waals surface area contributed by atoms with Crippen LogP contribution in [-0.2, 0) is 0 Å². The van der Waals surface area contributed by atoms with Crippen molar-refractivity contribution in [2.75, 3.05) is 13.1 Å². The lowest BCUT2D eigenvalue weighted by atomic mass is 10.1. The van der Waals surface area contributed by atoms with Crippen molar-refractivity contribution < 1.29 is 4.79 Å². The second-order valence-electron chi connectivity index (χ2n) is 4.22. The molecule has 1 aromatic carbocycles. The average molecular weight is 218 g/mol. The number of nitrogens with one attached hydrogen (secondary N) is 2. The monoisotopic (exact) mass is 218 g/mol. The van der Waals surface area contributed by atoms with E-state index in [1.807, 2.05) is 30.3 Å². The van der Waals surface area contributed by atoms with Crippen LogP contribution in [0.3, 0.4) is 0 Å². The number of amides is 1. The molecule has 1 atom stereocenters. The quantitative estimate of drug-likeness (QED) is 0.808. The van der Waals surface area contributed by atoms with Gasteiger partial charge in [0.2, 0.25) is 0 Å². The van der Waals surface area contributed by atoms with E-state index in [1.54, 1.807) is 0 Å². The number of carbonyl (C=O) groups excluding carboxylic acids is 1. The van der Waals surface area contributed by atoms with Crippen molar-refractivity contribution in [3.8, 4) is 0 Å². The molecule has 1 aromatic rings. The Balaban J connectivity index is 1.79. The molecule has 0 saturated carbocycles. The molecule has 1 heterocycles. The van der Waals surface area contributed by atoms with Gasteiger partial charge in [0.1, 0.15) is 0 Å². The molecule has 2 rings (SSSR count). The van der Waals surface area contributed by atoms with Gasteiger partial charge in [-0.15, -0.1) is 0 Å². The van der Waals surface area contributed by atoms with Crippen LogP contribution < -0.4 is 10.6 Å². The molecule has 0 bridgehead atoms. The number of hydrogen-bond donors (Lipinski definition) is 2. The molecular weight excluding hydrogens is 200 g/mol. The lowest BCUT2D eigenvalue weighted by Gasteiger charge is -2.23. The fourth-order valence-corrected chi connectivity index (χ4v) is 2.01. The third kappa shape index (κ3) is 3.07. The van der Waals surface area contributed by atoms with Gasteiger partial charge in [-0.05, 0) is 31.5 Å². The normalized spacial score (nSPS) is 20.4. The van der Waals surface area contributed by atoms with Crippen LogP contribution in [0.5, 0.6) is 0 Å². The van der Waals surface area contributed by atoms with E-state index < -0.39 is 0 Å². The first-order chi connectivity index (χ1) is 7.86. The van der Waals surface area contributed by atoms with Crippen molar-refractivity contribution in [2.24, 2.45) is 0 Å². The summed E-state index contributed by atoms with van der Waals surface area (Å²) in [5, 5.41) is 6.38. The third-order valence-electron chi connectivity index (χ3n) is 2.96. The van der Waals surface area contributed by atoms with E-state index in [1.165, 1.54) is 12.8 Å². The summed E-state index contributed by atoms with van der Waals surface area (Å²) in [5.41, 5.74) is 0.735. The molecule has 1 aliphatic heterocycles. The summed E-state index contributed by atoms with van der Waals surface area (Å²) >= 11 is 0. The van der Waals surface area contributed by atoms with Gasteiger partial charge in [0.15, 0.2) is 0 Å². The summed E-state index contributed by atoms with van der Waals surface area (Å²) in [6, 6.07) is 9.80. The fraction of sp³-hybridized carbons (Fsp3) is 0.462. The van der Waals surface area contributed by atoms with Gasteiger partial charge in [0.05, 0.1) is 0 Å². The maximum Gasteiger partial charge on any atom is 0.251 e. The Morgan fingerprint density at radius 3 is 2.81 bits per heavy atom. The topological polar surface area (TPSA) is 41.1 Å². The van der Waals surface area contributed by atoms with E-state index in [4.69, 9.17) is 0 Å². The van der Waals surface area contributed by atoms with Crippen molar-refractivity contribution in [2.45, 2.75) is 25.3 Å². The number of carbonyl (C=O) groups is 1. The Labute approximate surface area is 96.2 Å². The van der Waals surface area contributed by atoms with Crippen LogP contribution in [0, 0.1) is 0 Å². The van der Waals surface area contributed by atoms with Gasteiger partial charge in [-0.2, -0.15) is 0 Å². The molecule has 1 amide bonds. The van der Waals surface area contributed by atoms with Crippen molar-refractivity contribution in [1.82, 2.24) is 10.6 Å². The van der Waals surface area contributed by atoms with Gasteiger partial charge >= 0.3 is 0 Å². The highest BCUT2D eigenvalue weighted by atomic mass is 16.1. The molecule has 2 N–H and O–H groups in total. The Bertz CT molecular complexity index is 331. The van der Waals surface area contributed by atoms with Gasteiger partial charge in [-0.1, -0.05) is 24.6 Å². The summed E-state index contributed by atoms with van der Waals surface area (Å²) in [6.07, 6.45) is 3.68. The van der Waals surface area contributed by atoms with E-state index in [0.29, 0.717) is 6.04 Å². The molecule has 0 aliphatic carbocycles. The molecule has 3 nitrogen and oxygen atoms in total. The van der Waals surface area contributed by atoms with Crippen LogP contribution in [0.2, 0.25) is 0 Å². The molecule has 0 spiro atoms. The lowest BCUT2D eigenvalue weighted by Crippen LogP contribution is -2.43. The Kier molecular flexibility index (Phi) is 3.94. The molecule has 86 valence electrons. The summed E-state index contributed by atoms with van der Waals surface area (Å²) in [4.78, 5) is 11.7. The zero-order valence-corrected chi connectivity index (χ0v) is 9.41. The van der Waals surface area contributed by atoms with Gasteiger partial charge in [0.25, 0.3) is 5.91 Å². The smallest absolute Gasteiger partial charge is 0.251 e. The van der Waals surface area contributed by atoms with Gasteiger partial charge in [0, 0.05) is 18.2 Å². The van der Waals surface area contributed by atoms with E-state index in [2.05, 4.69) is 10.6 Å².